The van der Waals surface area contributed by atoms with Crippen LogP contribution in [0.15, 0.2) is 18.5 Å². The third kappa shape index (κ3) is 1.33. The zero-order chi connectivity index (χ0) is 11.2. The Labute approximate surface area is 87.9 Å². The Balaban J connectivity index is 2.55. The van der Waals surface area contributed by atoms with Crippen molar-refractivity contribution in [3.05, 3.63) is 29.6 Å². The maximum atomic E-state index is 11.9. The van der Waals surface area contributed by atoms with Crippen LogP contribution < -0.4 is 0 Å². The van der Waals surface area contributed by atoms with Gasteiger partial charge in [-0.05, 0) is 26.8 Å². The molecule has 0 radical (unpaired) electrons. The highest BCUT2D eigenvalue weighted by Crippen LogP contribution is 2.28. The van der Waals surface area contributed by atoms with Crippen molar-refractivity contribution < 1.29 is 9.59 Å². The Morgan fingerprint density at radius 2 is 1.73 bits per heavy atom. The minimum Gasteiger partial charge on any atom is -0.269 e. The maximum Gasteiger partial charge on any atom is 0.263 e. The molecule has 4 nitrogen and oxygen atoms in total. The number of carbonyl (C=O) groups excluding carboxylic acids is 2. The lowest BCUT2D eigenvalue weighted by atomic mass is 10.1. The molecule has 2 rings (SSSR count). The van der Waals surface area contributed by atoms with E-state index in [1.807, 2.05) is 20.8 Å². The Morgan fingerprint density at radius 3 is 2.27 bits per heavy atom. The van der Waals surface area contributed by atoms with E-state index in [4.69, 9.17) is 0 Å². The Morgan fingerprint density at radius 1 is 1.13 bits per heavy atom. The second kappa shape index (κ2) is 2.89. The van der Waals surface area contributed by atoms with Crippen LogP contribution in [0.1, 0.15) is 41.5 Å². The molecule has 1 aliphatic rings. The summed E-state index contributed by atoms with van der Waals surface area (Å²) < 4.78 is 0. The summed E-state index contributed by atoms with van der Waals surface area (Å²) in [6, 6.07) is 1.58. The minimum absolute atomic E-state index is 0.232. The van der Waals surface area contributed by atoms with Crippen molar-refractivity contribution in [3.8, 4) is 0 Å². The summed E-state index contributed by atoms with van der Waals surface area (Å²) in [4.78, 5) is 29.0. The van der Waals surface area contributed by atoms with Crippen LogP contribution in [0.4, 0.5) is 0 Å². The van der Waals surface area contributed by atoms with E-state index < -0.39 is 5.54 Å². The zero-order valence-corrected chi connectivity index (χ0v) is 8.94. The molecule has 4 heteroatoms. The molecule has 0 saturated carbocycles. The average Bonchev–Trinajstić information content (AvgIpc) is 2.39. The highest BCUT2D eigenvalue weighted by Gasteiger charge is 2.41. The van der Waals surface area contributed by atoms with Crippen molar-refractivity contribution in [1.82, 2.24) is 9.88 Å². The Kier molecular flexibility index (Phi) is 1.89. The molecule has 0 atom stereocenters. The van der Waals surface area contributed by atoms with Crippen LogP contribution in [0.25, 0.3) is 0 Å². The lowest BCUT2D eigenvalue weighted by molar-refractivity contribution is 0.0508. The molecule has 0 aliphatic carbocycles. The van der Waals surface area contributed by atoms with Crippen LogP contribution in [0.5, 0.6) is 0 Å². The number of imide groups is 1. The lowest BCUT2D eigenvalue weighted by Crippen LogP contribution is -2.45. The van der Waals surface area contributed by atoms with Gasteiger partial charge in [0.15, 0.2) is 0 Å². The van der Waals surface area contributed by atoms with Crippen LogP contribution in [-0.2, 0) is 0 Å². The number of nitrogens with zero attached hydrogens (tertiary/aromatic N) is 2. The summed E-state index contributed by atoms with van der Waals surface area (Å²) in [7, 11) is 0. The molecule has 0 fully saturated rings. The van der Waals surface area contributed by atoms with Gasteiger partial charge in [0.1, 0.15) is 0 Å². The van der Waals surface area contributed by atoms with Gasteiger partial charge < -0.3 is 0 Å². The molecule has 0 saturated heterocycles. The van der Waals surface area contributed by atoms with Gasteiger partial charge >= 0.3 is 0 Å². The third-order valence-corrected chi connectivity index (χ3v) is 2.36. The normalized spacial score (nSPS) is 15.8. The van der Waals surface area contributed by atoms with Crippen LogP contribution >= 0.6 is 0 Å². The van der Waals surface area contributed by atoms with Crippen LogP contribution in [0.2, 0.25) is 0 Å². The van der Waals surface area contributed by atoms with Gasteiger partial charge in [-0.3, -0.25) is 19.5 Å². The van der Waals surface area contributed by atoms with E-state index in [9.17, 15) is 9.59 Å². The summed E-state index contributed by atoms with van der Waals surface area (Å²) in [5.41, 5.74) is 0.357. The molecular formula is C11H12N2O2. The van der Waals surface area contributed by atoms with E-state index in [-0.39, 0.29) is 11.8 Å². The first-order valence-corrected chi connectivity index (χ1v) is 4.76. The SMILES string of the molecule is CC(C)(C)N1C(=O)c2ccncc2C1=O. The molecule has 1 aromatic heterocycles. The number of aromatic nitrogens is 1. The second-order valence-electron chi connectivity index (χ2n) is 4.54. The maximum absolute atomic E-state index is 11.9. The fraction of sp³-hybridized carbons (Fsp3) is 0.364. The van der Waals surface area contributed by atoms with Gasteiger partial charge in [-0.2, -0.15) is 0 Å². The van der Waals surface area contributed by atoms with Gasteiger partial charge in [-0.1, -0.05) is 0 Å². The average molecular weight is 204 g/mol. The molecule has 2 heterocycles. The molecule has 0 spiro atoms. The summed E-state index contributed by atoms with van der Waals surface area (Å²) in [6.45, 7) is 5.51. The van der Waals surface area contributed by atoms with Gasteiger partial charge in [-0.15, -0.1) is 0 Å². The zero-order valence-electron chi connectivity index (χ0n) is 8.94. The first-order valence-electron chi connectivity index (χ1n) is 4.76. The molecule has 0 bridgehead atoms. The Hall–Kier alpha value is -1.71. The number of hydrogen-bond acceptors (Lipinski definition) is 3. The van der Waals surface area contributed by atoms with Gasteiger partial charge in [0.25, 0.3) is 11.8 Å². The van der Waals surface area contributed by atoms with Gasteiger partial charge in [0.2, 0.25) is 0 Å². The van der Waals surface area contributed by atoms with Gasteiger partial charge in [0.05, 0.1) is 11.1 Å². The molecule has 15 heavy (non-hydrogen) atoms. The summed E-state index contributed by atoms with van der Waals surface area (Å²) in [5.74, 6) is -0.486. The molecule has 78 valence electrons. The van der Waals surface area contributed by atoms with E-state index in [0.717, 1.165) is 0 Å². The van der Waals surface area contributed by atoms with Gasteiger partial charge in [-0.25, -0.2) is 0 Å². The molecule has 1 aromatic rings. The lowest BCUT2D eigenvalue weighted by Gasteiger charge is -2.29. The summed E-state index contributed by atoms with van der Waals surface area (Å²) >= 11 is 0. The van der Waals surface area contributed by atoms with E-state index in [0.29, 0.717) is 11.1 Å². The highest BCUT2D eigenvalue weighted by molar-refractivity contribution is 6.21. The Bertz CT molecular complexity index is 411. The number of carbonyl (C=O) groups is 2. The quantitative estimate of drug-likeness (QED) is 0.601. The number of hydrogen-bond donors (Lipinski definition) is 0. The van der Waals surface area contributed by atoms with E-state index >= 15 is 0 Å². The van der Waals surface area contributed by atoms with Crippen molar-refractivity contribution in [1.29, 1.82) is 0 Å². The van der Waals surface area contributed by atoms with Crippen LogP contribution in [0, 0.1) is 0 Å². The second-order valence-corrected chi connectivity index (χ2v) is 4.54. The van der Waals surface area contributed by atoms with E-state index in [2.05, 4.69) is 4.98 Å². The summed E-state index contributed by atoms with van der Waals surface area (Å²) in [5, 5.41) is 0. The number of fused-ring (bicyclic) bond motifs is 1. The van der Waals surface area contributed by atoms with Crippen LogP contribution in [-0.4, -0.2) is 27.2 Å². The van der Waals surface area contributed by atoms with Crippen molar-refractivity contribution in [3.63, 3.8) is 0 Å². The predicted molar refractivity (Wildman–Crippen MR) is 54.5 cm³/mol. The molecule has 2 amide bonds. The first kappa shape index (κ1) is 9.83. The van der Waals surface area contributed by atoms with Crippen molar-refractivity contribution in [2.24, 2.45) is 0 Å². The standard InChI is InChI=1S/C11H12N2O2/c1-11(2,3)13-9(14)7-4-5-12-6-8(7)10(13)15/h4-6H,1-3H3. The monoisotopic (exact) mass is 204 g/mol. The highest BCUT2D eigenvalue weighted by atomic mass is 16.2. The van der Waals surface area contributed by atoms with Crippen LogP contribution in [0.3, 0.4) is 0 Å². The number of amides is 2. The first-order chi connectivity index (χ1) is 6.93. The van der Waals surface area contributed by atoms with Gasteiger partial charge in [0, 0.05) is 17.9 Å². The molecule has 1 aliphatic heterocycles. The van der Waals surface area contributed by atoms with E-state index in [1.54, 1.807) is 6.07 Å². The summed E-state index contributed by atoms with van der Waals surface area (Å²) in [6.07, 6.45) is 2.97. The topological polar surface area (TPSA) is 50.3 Å². The smallest absolute Gasteiger partial charge is 0.263 e. The molecular weight excluding hydrogens is 192 g/mol. The molecule has 0 unspecified atom stereocenters. The third-order valence-electron chi connectivity index (χ3n) is 2.36. The molecule has 0 aromatic carbocycles. The molecule has 0 N–H and O–H groups in total. The largest absolute Gasteiger partial charge is 0.269 e. The number of rotatable bonds is 0. The van der Waals surface area contributed by atoms with Crippen molar-refractivity contribution in [2.75, 3.05) is 0 Å². The predicted octanol–water partition coefficient (Wildman–Crippen LogP) is 1.48. The van der Waals surface area contributed by atoms with Crippen molar-refractivity contribution in [2.45, 2.75) is 26.3 Å². The van der Waals surface area contributed by atoms with E-state index in [1.165, 1.54) is 17.3 Å². The minimum atomic E-state index is -0.493. The number of pyridine rings is 1. The fourth-order valence-corrected chi connectivity index (χ4v) is 1.69. The fourth-order valence-electron chi connectivity index (χ4n) is 1.69. The van der Waals surface area contributed by atoms with Crippen molar-refractivity contribution >= 4 is 11.8 Å².